The lowest BCUT2D eigenvalue weighted by molar-refractivity contribution is -0.145. The smallest absolute Gasteiger partial charge is 0.310 e. The van der Waals surface area contributed by atoms with Gasteiger partial charge in [-0.15, -0.1) is 0 Å². The zero-order valence-electron chi connectivity index (χ0n) is 12.0. The topological polar surface area (TPSA) is 46.6 Å². The SMILES string of the molecule is CCc1ccc(C(=O)N(C)CC(C)C(=O)OC)cc1. The van der Waals surface area contributed by atoms with Gasteiger partial charge < -0.3 is 9.64 Å². The highest BCUT2D eigenvalue weighted by Gasteiger charge is 2.19. The van der Waals surface area contributed by atoms with Gasteiger partial charge >= 0.3 is 5.97 Å². The van der Waals surface area contributed by atoms with Crippen LogP contribution in [-0.2, 0) is 16.0 Å². The summed E-state index contributed by atoms with van der Waals surface area (Å²) in [5.41, 5.74) is 1.83. The van der Waals surface area contributed by atoms with Gasteiger partial charge in [0.2, 0.25) is 0 Å². The van der Waals surface area contributed by atoms with Crippen LogP contribution in [-0.4, -0.2) is 37.5 Å². The number of hydrogen-bond acceptors (Lipinski definition) is 3. The molecule has 0 saturated carbocycles. The molecule has 1 aromatic rings. The van der Waals surface area contributed by atoms with Crippen LogP contribution in [0.2, 0.25) is 0 Å². The van der Waals surface area contributed by atoms with E-state index in [0.29, 0.717) is 12.1 Å². The molecule has 1 amide bonds. The quantitative estimate of drug-likeness (QED) is 0.765. The Balaban J connectivity index is 2.68. The number of esters is 1. The number of rotatable bonds is 5. The fourth-order valence-corrected chi connectivity index (χ4v) is 1.87. The second kappa shape index (κ2) is 6.92. The summed E-state index contributed by atoms with van der Waals surface area (Å²) in [5, 5.41) is 0. The molecule has 4 heteroatoms. The zero-order chi connectivity index (χ0) is 14.4. The summed E-state index contributed by atoms with van der Waals surface area (Å²) < 4.78 is 4.65. The number of methoxy groups -OCH3 is 1. The van der Waals surface area contributed by atoms with Crippen LogP contribution < -0.4 is 0 Å². The molecule has 1 atom stereocenters. The molecule has 0 saturated heterocycles. The molecular weight excluding hydrogens is 242 g/mol. The van der Waals surface area contributed by atoms with Crippen LogP contribution >= 0.6 is 0 Å². The van der Waals surface area contributed by atoms with Crippen molar-refractivity contribution in [3.63, 3.8) is 0 Å². The predicted octanol–water partition coefficient (Wildman–Crippen LogP) is 2.13. The van der Waals surface area contributed by atoms with Crippen molar-refractivity contribution in [1.29, 1.82) is 0 Å². The molecule has 0 aliphatic carbocycles. The minimum atomic E-state index is -0.325. The largest absolute Gasteiger partial charge is 0.469 e. The fourth-order valence-electron chi connectivity index (χ4n) is 1.87. The first-order chi connectivity index (χ1) is 8.99. The summed E-state index contributed by atoms with van der Waals surface area (Å²) in [4.78, 5) is 25.0. The third kappa shape index (κ3) is 4.09. The Hall–Kier alpha value is -1.84. The number of carbonyl (C=O) groups is 2. The predicted molar refractivity (Wildman–Crippen MR) is 74.0 cm³/mol. The number of ether oxygens (including phenoxy) is 1. The average Bonchev–Trinajstić information content (AvgIpc) is 2.45. The molecule has 0 fully saturated rings. The fraction of sp³-hybridized carbons (Fsp3) is 0.467. The third-order valence-corrected chi connectivity index (χ3v) is 3.11. The normalized spacial score (nSPS) is 11.8. The molecule has 0 aliphatic rings. The van der Waals surface area contributed by atoms with Gasteiger partial charge in [0, 0.05) is 19.2 Å². The van der Waals surface area contributed by atoms with Crippen molar-refractivity contribution in [2.24, 2.45) is 5.92 Å². The molecule has 0 radical (unpaired) electrons. The van der Waals surface area contributed by atoms with Gasteiger partial charge in [0.15, 0.2) is 0 Å². The Labute approximate surface area is 114 Å². The Morgan fingerprint density at radius 1 is 1.26 bits per heavy atom. The minimum absolute atomic E-state index is 0.0848. The van der Waals surface area contributed by atoms with Gasteiger partial charge in [-0.2, -0.15) is 0 Å². The van der Waals surface area contributed by atoms with E-state index in [2.05, 4.69) is 11.7 Å². The molecule has 0 aromatic heterocycles. The van der Waals surface area contributed by atoms with E-state index >= 15 is 0 Å². The van der Waals surface area contributed by atoms with Crippen molar-refractivity contribution in [3.8, 4) is 0 Å². The Kier molecular flexibility index (Phi) is 5.55. The van der Waals surface area contributed by atoms with E-state index in [1.165, 1.54) is 12.7 Å². The van der Waals surface area contributed by atoms with Crippen molar-refractivity contribution in [3.05, 3.63) is 35.4 Å². The third-order valence-electron chi connectivity index (χ3n) is 3.11. The lowest BCUT2D eigenvalue weighted by atomic mass is 10.1. The highest BCUT2D eigenvalue weighted by molar-refractivity contribution is 5.94. The van der Waals surface area contributed by atoms with Crippen LogP contribution in [0, 0.1) is 5.92 Å². The summed E-state index contributed by atoms with van der Waals surface area (Å²) >= 11 is 0. The maximum atomic E-state index is 12.2. The van der Waals surface area contributed by atoms with Crippen LogP contribution in [0.25, 0.3) is 0 Å². The van der Waals surface area contributed by atoms with E-state index in [9.17, 15) is 9.59 Å². The van der Waals surface area contributed by atoms with Gasteiger partial charge in [-0.05, 0) is 24.1 Å². The molecular formula is C15H21NO3. The van der Waals surface area contributed by atoms with E-state index in [1.54, 1.807) is 18.9 Å². The molecule has 1 unspecified atom stereocenters. The number of hydrogen-bond donors (Lipinski definition) is 0. The first-order valence-electron chi connectivity index (χ1n) is 6.41. The average molecular weight is 263 g/mol. The van der Waals surface area contributed by atoms with Crippen LogP contribution in [0.1, 0.15) is 29.8 Å². The summed E-state index contributed by atoms with van der Waals surface area (Å²) in [7, 11) is 3.04. The first-order valence-corrected chi connectivity index (χ1v) is 6.41. The molecule has 0 bridgehead atoms. The minimum Gasteiger partial charge on any atom is -0.469 e. The van der Waals surface area contributed by atoms with Gasteiger partial charge in [0.25, 0.3) is 5.91 Å². The molecule has 1 aromatic carbocycles. The monoisotopic (exact) mass is 263 g/mol. The Bertz CT molecular complexity index is 439. The summed E-state index contributed by atoms with van der Waals surface area (Å²) in [6, 6.07) is 7.54. The summed E-state index contributed by atoms with van der Waals surface area (Å²) in [6.45, 7) is 4.16. The number of nitrogens with zero attached hydrogens (tertiary/aromatic N) is 1. The lowest BCUT2D eigenvalue weighted by Gasteiger charge is -2.20. The van der Waals surface area contributed by atoms with Gasteiger partial charge in [-0.1, -0.05) is 26.0 Å². The van der Waals surface area contributed by atoms with Crippen LogP contribution in [0.15, 0.2) is 24.3 Å². The number of benzene rings is 1. The van der Waals surface area contributed by atoms with E-state index in [1.807, 2.05) is 24.3 Å². The number of aryl methyl sites for hydroxylation is 1. The van der Waals surface area contributed by atoms with Crippen molar-refractivity contribution in [2.45, 2.75) is 20.3 Å². The molecule has 1 rings (SSSR count). The maximum absolute atomic E-state index is 12.2. The highest BCUT2D eigenvalue weighted by Crippen LogP contribution is 2.09. The zero-order valence-corrected chi connectivity index (χ0v) is 12.0. The number of carbonyl (C=O) groups excluding carboxylic acids is 2. The van der Waals surface area contributed by atoms with Gasteiger partial charge in [-0.25, -0.2) is 0 Å². The van der Waals surface area contributed by atoms with E-state index in [4.69, 9.17) is 0 Å². The van der Waals surface area contributed by atoms with E-state index in [-0.39, 0.29) is 17.8 Å². The Morgan fingerprint density at radius 2 is 1.84 bits per heavy atom. The van der Waals surface area contributed by atoms with Crippen molar-refractivity contribution in [2.75, 3.05) is 20.7 Å². The molecule has 104 valence electrons. The van der Waals surface area contributed by atoms with E-state index in [0.717, 1.165) is 6.42 Å². The van der Waals surface area contributed by atoms with Crippen molar-refractivity contribution >= 4 is 11.9 Å². The molecule has 0 spiro atoms. The molecule has 0 aliphatic heterocycles. The molecule has 19 heavy (non-hydrogen) atoms. The standard InChI is InChI=1S/C15H21NO3/c1-5-12-6-8-13(9-7-12)14(17)16(3)10-11(2)15(18)19-4/h6-9,11H,5,10H2,1-4H3. The van der Waals surface area contributed by atoms with Crippen LogP contribution in [0.3, 0.4) is 0 Å². The Morgan fingerprint density at radius 3 is 2.32 bits per heavy atom. The molecule has 0 heterocycles. The highest BCUT2D eigenvalue weighted by atomic mass is 16.5. The van der Waals surface area contributed by atoms with Crippen molar-refractivity contribution < 1.29 is 14.3 Å². The van der Waals surface area contributed by atoms with Gasteiger partial charge in [-0.3, -0.25) is 9.59 Å². The van der Waals surface area contributed by atoms with E-state index < -0.39 is 0 Å². The first kappa shape index (κ1) is 15.2. The van der Waals surface area contributed by atoms with Crippen LogP contribution in [0.5, 0.6) is 0 Å². The summed E-state index contributed by atoms with van der Waals surface area (Å²) in [5.74, 6) is -0.715. The lowest BCUT2D eigenvalue weighted by Crippen LogP contribution is -2.34. The molecule has 0 N–H and O–H groups in total. The van der Waals surface area contributed by atoms with Gasteiger partial charge in [0.1, 0.15) is 0 Å². The summed E-state index contributed by atoms with van der Waals surface area (Å²) in [6.07, 6.45) is 0.948. The number of amides is 1. The van der Waals surface area contributed by atoms with Gasteiger partial charge in [0.05, 0.1) is 13.0 Å². The molecule has 4 nitrogen and oxygen atoms in total. The van der Waals surface area contributed by atoms with Crippen molar-refractivity contribution in [1.82, 2.24) is 4.90 Å². The second-order valence-electron chi connectivity index (χ2n) is 4.66. The maximum Gasteiger partial charge on any atom is 0.310 e. The second-order valence-corrected chi connectivity index (χ2v) is 4.66. The van der Waals surface area contributed by atoms with Crippen LogP contribution in [0.4, 0.5) is 0 Å².